The minimum atomic E-state index is -4.70. The number of pyridine rings is 1. The van der Waals surface area contributed by atoms with Crippen LogP contribution in [0.2, 0.25) is 0 Å². The normalized spacial score (nSPS) is 20.7. The number of sulfonamides is 1. The maximum Gasteiger partial charge on any atom is 0.435 e. The Morgan fingerprint density at radius 3 is 2.39 bits per heavy atom. The number of hydrogen-bond donors (Lipinski definition) is 0. The van der Waals surface area contributed by atoms with Gasteiger partial charge in [-0.3, -0.25) is 14.5 Å². The lowest BCUT2D eigenvalue weighted by molar-refractivity contribution is -0.141. The summed E-state index contributed by atoms with van der Waals surface area (Å²) in [6.07, 6.45) is -6.56. The van der Waals surface area contributed by atoms with E-state index >= 15 is 0 Å². The molecule has 2 aromatic heterocycles. The van der Waals surface area contributed by atoms with Gasteiger partial charge < -0.3 is 0 Å². The molecular weight excluding hydrogens is 538 g/mol. The van der Waals surface area contributed by atoms with E-state index in [4.69, 9.17) is 0 Å². The van der Waals surface area contributed by atoms with Crippen LogP contribution < -0.4 is 0 Å². The number of alkyl halides is 4. The summed E-state index contributed by atoms with van der Waals surface area (Å²) < 4.78 is 109. The molecule has 0 amide bonds. The van der Waals surface area contributed by atoms with Gasteiger partial charge in [0.2, 0.25) is 10.0 Å². The fourth-order valence-corrected chi connectivity index (χ4v) is 6.26. The number of aryl methyl sites for hydroxylation is 2. The standard InChI is InChI=1S/C24H22F6N4O3S/c1-13-17(26)10-21(34(13)38(36,37)16-6-4-15(25)5-7-16)22(35)8-3-14-9-19(31-12-18(14)27)20-11-23(24(28,29)30)32-33(20)2/h4-7,9,11-13,17,21H,3,8,10H2,1-2H3/t13-,17+,21-/m0/s1. The molecule has 3 atom stereocenters. The van der Waals surface area contributed by atoms with E-state index in [9.17, 15) is 39.6 Å². The number of benzene rings is 1. The Bertz CT molecular complexity index is 1460. The largest absolute Gasteiger partial charge is 0.435 e. The van der Waals surface area contributed by atoms with Crippen molar-refractivity contribution in [2.24, 2.45) is 7.05 Å². The summed E-state index contributed by atoms with van der Waals surface area (Å²) in [5.41, 5.74) is -1.25. The first-order valence-electron chi connectivity index (χ1n) is 11.4. The highest BCUT2D eigenvalue weighted by molar-refractivity contribution is 7.89. The Morgan fingerprint density at radius 1 is 1.13 bits per heavy atom. The molecule has 0 unspecified atom stereocenters. The summed E-state index contributed by atoms with van der Waals surface area (Å²) in [6, 6.07) is 3.29. The minimum absolute atomic E-state index is 0.0156. The Kier molecular flexibility index (Phi) is 7.40. The lowest BCUT2D eigenvalue weighted by Crippen LogP contribution is -2.44. The fraction of sp³-hybridized carbons (Fsp3) is 0.375. The molecular formula is C24H22F6N4O3S. The molecule has 1 aliphatic heterocycles. The van der Waals surface area contributed by atoms with E-state index < -0.39 is 64.0 Å². The molecule has 0 radical (unpaired) electrons. The Balaban J connectivity index is 1.56. The second-order valence-corrected chi connectivity index (χ2v) is 10.8. The van der Waals surface area contributed by atoms with Crippen molar-refractivity contribution in [3.05, 3.63) is 65.5 Å². The highest BCUT2D eigenvalue weighted by Gasteiger charge is 2.48. The van der Waals surface area contributed by atoms with E-state index in [0.717, 1.165) is 45.5 Å². The molecule has 14 heteroatoms. The van der Waals surface area contributed by atoms with Gasteiger partial charge in [-0.1, -0.05) is 0 Å². The van der Waals surface area contributed by atoms with Crippen LogP contribution >= 0.6 is 0 Å². The van der Waals surface area contributed by atoms with Crippen molar-refractivity contribution in [3.63, 3.8) is 0 Å². The van der Waals surface area contributed by atoms with Crippen LogP contribution in [0.3, 0.4) is 0 Å². The molecule has 0 N–H and O–H groups in total. The smallest absolute Gasteiger partial charge is 0.298 e. The van der Waals surface area contributed by atoms with Crippen LogP contribution in [0.5, 0.6) is 0 Å². The Morgan fingerprint density at radius 2 is 1.79 bits per heavy atom. The fourth-order valence-electron chi connectivity index (χ4n) is 4.43. The number of carbonyl (C=O) groups excluding carboxylic acids is 1. The van der Waals surface area contributed by atoms with Crippen LogP contribution in [0.1, 0.15) is 31.0 Å². The summed E-state index contributed by atoms with van der Waals surface area (Å²) in [6.45, 7) is 1.32. The Labute approximate surface area is 214 Å². The van der Waals surface area contributed by atoms with Crippen molar-refractivity contribution in [3.8, 4) is 11.4 Å². The molecule has 1 saturated heterocycles. The van der Waals surface area contributed by atoms with Crippen molar-refractivity contribution >= 4 is 15.8 Å². The third-order valence-electron chi connectivity index (χ3n) is 6.45. The van der Waals surface area contributed by atoms with E-state index in [-0.39, 0.29) is 34.7 Å². The number of nitrogens with zero attached hydrogens (tertiary/aromatic N) is 4. The molecule has 7 nitrogen and oxygen atoms in total. The third-order valence-corrected chi connectivity index (χ3v) is 8.46. The van der Waals surface area contributed by atoms with Crippen molar-refractivity contribution in [2.75, 3.05) is 0 Å². The van der Waals surface area contributed by atoms with E-state index in [1.54, 1.807) is 0 Å². The average Bonchev–Trinajstić information content (AvgIpc) is 3.38. The van der Waals surface area contributed by atoms with E-state index in [1.165, 1.54) is 20.0 Å². The van der Waals surface area contributed by atoms with Gasteiger partial charge in [0, 0.05) is 19.9 Å². The summed E-state index contributed by atoms with van der Waals surface area (Å²) in [4.78, 5) is 16.6. The molecule has 0 saturated carbocycles. The quantitative estimate of drug-likeness (QED) is 0.398. The molecule has 38 heavy (non-hydrogen) atoms. The number of aromatic nitrogens is 3. The van der Waals surface area contributed by atoms with Gasteiger partial charge in [-0.2, -0.15) is 22.6 Å². The highest BCUT2D eigenvalue weighted by Crippen LogP contribution is 2.35. The van der Waals surface area contributed by atoms with Gasteiger partial charge in [-0.25, -0.2) is 21.6 Å². The van der Waals surface area contributed by atoms with Crippen LogP contribution in [0.4, 0.5) is 26.3 Å². The molecule has 0 bridgehead atoms. The molecule has 3 aromatic rings. The average molecular weight is 561 g/mol. The summed E-state index contributed by atoms with van der Waals surface area (Å²) in [5, 5.41) is 3.40. The molecule has 0 spiro atoms. The lowest BCUT2D eigenvalue weighted by Gasteiger charge is -2.26. The summed E-state index contributed by atoms with van der Waals surface area (Å²) in [7, 11) is -3.09. The minimum Gasteiger partial charge on any atom is -0.298 e. The number of rotatable bonds is 7. The van der Waals surface area contributed by atoms with Crippen LogP contribution in [-0.2, 0) is 34.5 Å². The van der Waals surface area contributed by atoms with Crippen molar-refractivity contribution in [1.82, 2.24) is 19.1 Å². The maximum absolute atomic E-state index is 14.6. The first-order chi connectivity index (χ1) is 17.7. The van der Waals surface area contributed by atoms with Crippen molar-refractivity contribution < 1.29 is 39.6 Å². The molecule has 204 valence electrons. The first-order valence-corrected chi connectivity index (χ1v) is 12.9. The zero-order valence-electron chi connectivity index (χ0n) is 20.1. The zero-order chi connectivity index (χ0) is 28.0. The molecule has 4 rings (SSSR count). The number of carbonyl (C=O) groups is 1. The van der Waals surface area contributed by atoms with Crippen LogP contribution in [0.25, 0.3) is 11.4 Å². The molecule has 1 aromatic carbocycles. The molecule has 3 heterocycles. The maximum atomic E-state index is 14.6. The highest BCUT2D eigenvalue weighted by atomic mass is 32.2. The topological polar surface area (TPSA) is 85.2 Å². The van der Waals surface area contributed by atoms with Crippen LogP contribution in [0.15, 0.2) is 47.5 Å². The van der Waals surface area contributed by atoms with Gasteiger partial charge in [-0.15, -0.1) is 0 Å². The number of ketones is 1. The molecule has 1 aliphatic rings. The second-order valence-electron chi connectivity index (χ2n) is 8.96. The van der Waals surface area contributed by atoms with Gasteiger partial charge in [-0.05, 0) is 55.3 Å². The van der Waals surface area contributed by atoms with E-state index in [0.29, 0.717) is 0 Å². The first kappa shape index (κ1) is 27.8. The zero-order valence-corrected chi connectivity index (χ0v) is 20.9. The predicted octanol–water partition coefficient (Wildman–Crippen LogP) is 4.47. The van der Waals surface area contributed by atoms with Crippen LogP contribution in [0, 0.1) is 11.6 Å². The lowest BCUT2D eigenvalue weighted by atomic mass is 10.0. The second kappa shape index (κ2) is 10.1. The van der Waals surface area contributed by atoms with E-state index in [2.05, 4.69) is 10.1 Å². The third kappa shape index (κ3) is 5.32. The van der Waals surface area contributed by atoms with Crippen molar-refractivity contribution in [2.45, 2.75) is 55.5 Å². The van der Waals surface area contributed by atoms with Gasteiger partial charge >= 0.3 is 6.18 Å². The van der Waals surface area contributed by atoms with E-state index in [1.807, 2.05) is 0 Å². The molecule has 0 aliphatic carbocycles. The summed E-state index contributed by atoms with van der Waals surface area (Å²) >= 11 is 0. The monoisotopic (exact) mass is 560 g/mol. The van der Waals surface area contributed by atoms with Crippen molar-refractivity contribution in [1.29, 1.82) is 0 Å². The Hall–Kier alpha value is -3.26. The number of halogens is 6. The van der Waals surface area contributed by atoms with Gasteiger partial charge in [0.25, 0.3) is 0 Å². The van der Waals surface area contributed by atoms with Gasteiger partial charge in [0.15, 0.2) is 11.5 Å². The molecule has 1 fully saturated rings. The number of Topliss-reactive ketones (excluding diaryl/α,β-unsaturated/α-hetero) is 1. The van der Waals surface area contributed by atoms with Crippen LogP contribution in [-0.4, -0.2) is 51.5 Å². The summed E-state index contributed by atoms with van der Waals surface area (Å²) in [5.74, 6) is -2.16. The number of hydrogen-bond acceptors (Lipinski definition) is 5. The SMILES string of the molecule is C[C@H]1[C@H](F)C[C@@H](C(=O)CCc2cc(-c3cc(C(F)(F)F)nn3C)ncc2F)N1S(=O)(=O)c1ccc(F)cc1. The predicted molar refractivity (Wildman–Crippen MR) is 123 cm³/mol. The van der Waals surface area contributed by atoms with Gasteiger partial charge in [0.1, 0.15) is 17.8 Å². The van der Waals surface area contributed by atoms with Gasteiger partial charge in [0.05, 0.1) is 34.6 Å².